The molecule has 0 radical (unpaired) electrons. The van der Waals surface area contributed by atoms with Crippen molar-refractivity contribution >= 4 is 0 Å². The summed E-state index contributed by atoms with van der Waals surface area (Å²) in [6, 6.07) is 6.38. The normalized spacial score (nSPS) is 19.2. The molecule has 17 heavy (non-hydrogen) atoms. The maximum absolute atomic E-state index is 10.4. The molecule has 2 rings (SSSR count). The number of aliphatic hydroxyl groups excluding tert-OH is 1. The minimum absolute atomic E-state index is 0.266. The molecule has 0 heterocycles. The van der Waals surface area contributed by atoms with Crippen LogP contribution in [0.1, 0.15) is 61.3 Å². The van der Waals surface area contributed by atoms with E-state index in [1.807, 2.05) is 0 Å². The Morgan fingerprint density at radius 1 is 1.18 bits per heavy atom. The molecule has 94 valence electrons. The minimum atomic E-state index is -0.266. The third-order valence-corrected chi connectivity index (χ3v) is 4.08. The molecule has 1 aromatic carbocycles. The van der Waals surface area contributed by atoms with Crippen LogP contribution < -0.4 is 0 Å². The summed E-state index contributed by atoms with van der Waals surface area (Å²) in [4.78, 5) is 0. The average molecular weight is 232 g/mol. The fraction of sp³-hybridized carbons (Fsp3) is 0.625. The quantitative estimate of drug-likeness (QED) is 0.823. The Morgan fingerprint density at radius 2 is 1.88 bits per heavy atom. The number of rotatable bonds is 3. The van der Waals surface area contributed by atoms with Gasteiger partial charge in [-0.25, -0.2) is 0 Å². The third kappa shape index (κ3) is 3.32. The van der Waals surface area contributed by atoms with E-state index < -0.39 is 0 Å². The molecule has 1 saturated carbocycles. The van der Waals surface area contributed by atoms with Crippen LogP contribution in [0.15, 0.2) is 18.2 Å². The Kier molecular flexibility index (Phi) is 4.22. The molecular weight excluding hydrogens is 208 g/mol. The van der Waals surface area contributed by atoms with Crippen molar-refractivity contribution in [1.29, 1.82) is 0 Å². The van der Waals surface area contributed by atoms with Gasteiger partial charge in [-0.1, -0.05) is 55.9 Å². The Balaban J connectivity index is 2.02. The van der Waals surface area contributed by atoms with Crippen molar-refractivity contribution in [2.45, 2.75) is 58.5 Å². The van der Waals surface area contributed by atoms with Gasteiger partial charge in [0.1, 0.15) is 0 Å². The lowest BCUT2D eigenvalue weighted by Gasteiger charge is -2.25. The molecule has 1 aromatic rings. The van der Waals surface area contributed by atoms with Crippen molar-refractivity contribution < 1.29 is 5.11 Å². The van der Waals surface area contributed by atoms with Crippen molar-refractivity contribution in [3.8, 4) is 0 Å². The number of aliphatic hydroxyl groups is 1. The predicted octanol–water partition coefficient (Wildman–Crippen LogP) is 4.31. The number of benzene rings is 1. The summed E-state index contributed by atoms with van der Waals surface area (Å²) in [6.07, 6.45) is 7.39. The Hall–Kier alpha value is -0.820. The molecule has 0 aromatic heterocycles. The van der Waals surface area contributed by atoms with E-state index in [-0.39, 0.29) is 6.10 Å². The summed E-state index contributed by atoms with van der Waals surface area (Å²) >= 11 is 0. The zero-order valence-corrected chi connectivity index (χ0v) is 11.1. The molecule has 1 heteroatoms. The van der Waals surface area contributed by atoms with Crippen molar-refractivity contribution in [2.24, 2.45) is 5.92 Å². The van der Waals surface area contributed by atoms with E-state index in [4.69, 9.17) is 0 Å². The van der Waals surface area contributed by atoms with Gasteiger partial charge in [-0.15, -0.1) is 0 Å². The molecule has 1 nitrogen and oxygen atoms in total. The van der Waals surface area contributed by atoms with Crippen molar-refractivity contribution in [2.75, 3.05) is 0 Å². The summed E-state index contributed by atoms with van der Waals surface area (Å²) in [5.41, 5.74) is 3.60. The number of hydrogen-bond acceptors (Lipinski definition) is 1. The monoisotopic (exact) mass is 232 g/mol. The van der Waals surface area contributed by atoms with Crippen LogP contribution in [0.25, 0.3) is 0 Å². The highest BCUT2D eigenvalue weighted by Crippen LogP contribution is 2.32. The molecule has 0 bridgehead atoms. The van der Waals surface area contributed by atoms with Crippen LogP contribution in [-0.2, 0) is 0 Å². The molecule has 1 aliphatic rings. The molecule has 0 amide bonds. The fourth-order valence-corrected chi connectivity index (χ4v) is 2.98. The molecule has 0 spiro atoms. The molecule has 1 aliphatic carbocycles. The van der Waals surface area contributed by atoms with E-state index in [1.165, 1.54) is 43.2 Å². The lowest BCUT2D eigenvalue weighted by molar-refractivity contribution is 0.131. The Morgan fingerprint density at radius 3 is 2.59 bits per heavy atom. The maximum Gasteiger partial charge on any atom is 0.0795 e. The predicted molar refractivity (Wildman–Crippen MR) is 72.1 cm³/mol. The van der Waals surface area contributed by atoms with Gasteiger partial charge in [0.05, 0.1) is 6.10 Å². The first-order chi connectivity index (χ1) is 8.16. The lowest BCUT2D eigenvalue weighted by Crippen LogP contribution is -2.12. The van der Waals surface area contributed by atoms with Gasteiger partial charge >= 0.3 is 0 Å². The van der Waals surface area contributed by atoms with Gasteiger partial charge in [0, 0.05) is 0 Å². The van der Waals surface area contributed by atoms with Crippen LogP contribution in [0.5, 0.6) is 0 Å². The van der Waals surface area contributed by atoms with Crippen LogP contribution in [0.3, 0.4) is 0 Å². The second-order valence-electron chi connectivity index (χ2n) is 5.62. The highest BCUT2D eigenvalue weighted by atomic mass is 16.3. The van der Waals surface area contributed by atoms with Crippen LogP contribution in [0.4, 0.5) is 0 Å². The standard InChI is InChI=1S/C16H24O/c1-12-8-9-13(2)15(10-12)16(17)11-14-6-4-3-5-7-14/h8-10,14,16-17H,3-7,11H2,1-2H3. The lowest BCUT2D eigenvalue weighted by atomic mass is 9.83. The van der Waals surface area contributed by atoms with Gasteiger partial charge in [-0.05, 0) is 37.3 Å². The van der Waals surface area contributed by atoms with Crippen molar-refractivity contribution in [1.82, 2.24) is 0 Å². The first-order valence-electron chi connectivity index (χ1n) is 6.92. The van der Waals surface area contributed by atoms with Crippen LogP contribution in [-0.4, -0.2) is 5.11 Å². The van der Waals surface area contributed by atoms with E-state index in [2.05, 4.69) is 32.0 Å². The third-order valence-electron chi connectivity index (χ3n) is 4.08. The van der Waals surface area contributed by atoms with Gasteiger partial charge in [-0.2, -0.15) is 0 Å². The molecule has 1 unspecified atom stereocenters. The summed E-state index contributed by atoms with van der Waals surface area (Å²) in [5, 5.41) is 10.4. The average Bonchev–Trinajstić information content (AvgIpc) is 2.33. The second-order valence-corrected chi connectivity index (χ2v) is 5.62. The summed E-state index contributed by atoms with van der Waals surface area (Å²) in [5.74, 6) is 0.735. The molecule has 1 fully saturated rings. The van der Waals surface area contributed by atoms with Gasteiger partial charge in [0.2, 0.25) is 0 Å². The molecule has 0 aliphatic heterocycles. The molecule has 1 atom stereocenters. The smallest absolute Gasteiger partial charge is 0.0795 e. The zero-order valence-electron chi connectivity index (χ0n) is 11.1. The largest absolute Gasteiger partial charge is 0.388 e. The summed E-state index contributed by atoms with van der Waals surface area (Å²) in [6.45, 7) is 4.19. The van der Waals surface area contributed by atoms with E-state index in [9.17, 15) is 5.11 Å². The SMILES string of the molecule is Cc1ccc(C)c(C(O)CC2CCCCC2)c1. The Labute approximate surface area is 105 Å². The molecule has 0 saturated heterocycles. The summed E-state index contributed by atoms with van der Waals surface area (Å²) in [7, 11) is 0. The van der Waals surface area contributed by atoms with Crippen molar-refractivity contribution in [3.63, 3.8) is 0 Å². The number of aryl methyl sites for hydroxylation is 2. The summed E-state index contributed by atoms with van der Waals surface area (Å²) < 4.78 is 0. The highest BCUT2D eigenvalue weighted by Gasteiger charge is 2.19. The van der Waals surface area contributed by atoms with E-state index >= 15 is 0 Å². The highest BCUT2D eigenvalue weighted by molar-refractivity contribution is 5.32. The number of hydrogen-bond donors (Lipinski definition) is 1. The first kappa shape index (κ1) is 12.6. The maximum atomic E-state index is 10.4. The molecule has 1 N–H and O–H groups in total. The van der Waals surface area contributed by atoms with Gasteiger partial charge < -0.3 is 5.11 Å². The van der Waals surface area contributed by atoms with Gasteiger partial charge in [0.25, 0.3) is 0 Å². The van der Waals surface area contributed by atoms with Crippen LogP contribution >= 0.6 is 0 Å². The van der Waals surface area contributed by atoms with Crippen molar-refractivity contribution in [3.05, 3.63) is 34.9 Å². The van der Waals surface area contributed by atoms with E-state index in [0.29, 0.717) is 0 Å². The van der Waals surface area contributed by atoms with E-state index in [1.54, 1.807) is 0 Å². The fourth-order valence-electron chi connectivity index (χ4n) is 2.98. The topological polar surface area (TPSA) is 20.2 Å². The zero-order chi connectivity index (χ0) is 12.3. The van der Waals surface area contributed by atoms with Crippen LogP contribution in [0, 0.1) is 19.8 Å². The van der Waals surface area contributed by atoms with Gasteiger partial charge in [0.15, 0.2) is 0 Å². The van der Waals surface area contributed by atoms with E-state index in [0.717, 1.165) is 17.9 Å². The minimum Gasteiger partial charge on any atom is -0.388 e. The first-order valence-corrected chi connectivity index (χ1v) is 6.92. The second kappa shape index (κ2) is 5.68. The van der Waals surface area contributed by atoms with Crippen LogP contribution in [0.2, 0.25) is 0 Å². The Bertz CT molecular complexity index is 364. The molecular formula is C16H24O. The van der Waals surface area contributed by atoms with Gasteiger partial charge in [-0.3, -0.25) is 0 Å².